The molecule has 1 aromatic carbocycles. The third kappa shape index (κ3) is 6.20. The number of benzene rings is 1. The average Bonchev–Trinajstić information content (AvgIpc) is 2.44. The SMILES string of the molecule is Cc1c(COC(C)C)cccc1NC(=O)N(CC(C)O)C(C)C. The molecule has 0 spiro atoms. The summed E-state index contributed by atoms with van der Waals surface area (Å²) in [5.41, 5.74) is 2.83. The highest BCUT2D eigenvalue weighted by molar-refractivity contribution is 5.90. The average molecular weight is 322 g/mol. The number of anilines is 1. The van der Waals surface area contributed by atoms with Gasteiger partial charge in [0.05, 0.1) is 18.8 Å². The normalized spacial score (nSPS) is 12.6. The van der Waals surface area contributed by atoms with Gasteiger partial charge in [0.25, 0.3) is 0 Å². The first-order valence-corrected chi connectivity index (χ1v) is 8.18. The Labute approximate surface area is 139 Å². The number of nitrogens with zero attached hydrogens (tertiary/aromatic N) is 1. The maximum atomic E-state index is 12.5. The highest BCUT2D eigenvalue weighted by Gasteiger charge is 2.19. The summed E-state index contributed by atoms with van der Waals surface area (Å²) in [6.45, 7) is 12.3. The van der Waals surface area contributed by atoms with Crippen LogP contribution in [0, 0.1) is 6.92 Å². The predicted octanol–water partition coefficient (Wildman–Crippen LogP) is 3.54. The Balaban J connectivity index is 2.86. The monoisotopic (exact) mass is 322 g/mol. The molecule has 0 aliphatic rings. The lowest BCUT2D eigenvalue weighted by molar-refractivity contribution is 0.0654. The summed E-state index contributed by atoms with van der Waals surface area (Å²) < 4.78 is 5.65. The van der Waals surface area contributed by atoms with E-state index in [1.807, 2.05) is 52.8 Å². The zero-order valence-corrected chi connectivity index (χ0v) is 15.1. The molecule has 0 radical (unpaired) electrons. The number of hydrogen-bond donors (Lipinski definition) is 2. The van der Waals surface area contributed by atoms with E-state index in [1.54, 1.807) is 11.8 Å². The molecule has 0 fully saturated rings. The fourth-order valence-electron chi connectivity index (χ4n) is 2.23. The van der Waals surface area contributed by atoms with E-state index in [4.69, 9.17) is 4.74 Å². The maximum absolute atomic E-state index is 12.5. The molecule has 1 atom stereocenters. The van der Waals surface area contributed by atoms with Gasteiger partial charge in [0.15, 0.2) is 0 Å². The van der Waals surface area contributed by atoms with Crippen molar-refractivity contribution in [2.24, 2.45) is 0 Å². The number of carbonyl (C=O) groups is 1. The van der Waals surface area contributed by atoms with Crippen LogP contribution in [-0.2, 0) is 11.3 Å². The highest BCUT2D eigenvalue weighted by atomic mass is 16.5. The van der Waals surface area contributed by atoms with Crippen molar-refractivity contribution in [3.63, 3.8) is 0 Å². The number of aliphatic hydroxyl groups is 1. The van der Waals surface area contributed by atoms with Crippen LogP contribution in [0.1, 0.15) is 45.7 Å². The molecule has 5 heteroatoms. The Hall–Kier alpha value is -1.59. The smallest absolute Gasteiger partial charge is 0.322 e. The molecule has 130 valence electrons. The lowest BCUT2D eigenvalue weighted by atomic mass is 10.1. The molecule has 1 aromatic rings. The molecule has 5 nitrogen and oxygen atoms in total. The molecule has 1 unspecified atom stereocenters. The van der Waals surface area contributed by atoms with E-state index in [1.165, 1.54) is 0 Å². The summed E-state index contributed by atoms with van der Waals surface area (Å²) >= 11 is 0. The van der Waals surface area contributed by atoms with Crippen LogP contribution >= 0.6 is 0 Å². The van der Waals surface area contributed by atoms with E-state index in [0.29, 0.717) is 13.2 Å². The van der Waals surface area contributed by atoms with Crippen LogP contribution < -0.4 is 5.32 Å². The quantitative estimate of drug-likeness (QED) is 0.807. The van der Waals surface area contributed by atoms with Gasteiger partial charge >= 0.3 is 6.03 Å². The van der Waals surface area contributed by atoms with Gasteiger partial charge in [-0.3, -0.25) is 0 Å². The van der Waals surface area contributed by atoms with Crippen molar-refractivity contribution >= 4 is 11.7 Å². The van der Waals surface area contributed by atoms with Crippen LogP contribution in [0.4, 0.5) is 10.5 Å². The molecule has 1 rings (SSSR count). The molecule has 0 aliphatic heterocycles. The minimum absolute atomic E-state index is 0.0114. The van der Waals surface area contributed by atoms with Crippen molar-refractivity contribution in [2.75, 3.05) is 11.9 Å². The minimum Gasteiger partial charge on any atom is -0.392 e. The van der Waals surface area contributed by atoms with E-state index < -0.39 is 6.10 Å². The number of urea groups is 1. The van der Waals surface area contributed by atoms with Crippen LogP contribution in [-0.4, -0.2) is 40.8 Å². The molecular formula is C18H30N2O3. The van der Waals surface area contributed by atoms with E-state index in [9.17, 15) is 9.90 Å². The summed E-state index contributed by atoms with van der Waals surface area (Å²) in [6.07, 6.45) is -0.398. The van der Waals surface area contributed by atoms with Gasteiger partial charge in [-0.15, -0.1) is 0 Å². The zero-order chi connectivity index (χ0) is 17.6. The van der Waals surface area contributed by atoms with Gasteiger partial charge < -0.3 is 20.1 Å². The molecule has 0 bridgehead atoms. The number of rotatable bonds is 7. The fourth-order valence-corrected chi connectivity index (χ4v) is 2.23. The first kappa shape index (κ1) is 19.5. The van der Waals surface area contributed by atoms with E-state index >= 15 is 0 Å². The summed E-state index contributed by atoms with van der Waals surface area (Å²) in [6, 6.07) is 5.61. The minimum atomic E-state index is -0.560. The summed E-state index contributed by atoms with van der Waals surface area (Å²) in [4.78, 5) is 14.1. The largest absolute Gasteiger partial charge is 0.392 e. The van der Waals surface area contributed by atoms with Crippen LogP contribution in [0.15, 0.2) is 18.2 Å². The van der Waals surface area contributed by atoms with Crippen molar-refractivity contribution in [3.05, 3.63) is 29.3 Å². The molecule has 0 saturated heterocycles. The zero-order valence-electron chi connectivity index (χ0n) is 15.1. The standard InChI is InChI=1S/C18H30N2O3/c1-12(2)20(10-14(5)21)18(22)19-17-9-7-8-16(15(17)6)11-23-13(3)4/h7-9,12-14,21H,10-11H2,1-6H3,(H,19,22). The Morgan fingerprint density at radius 3 is 2.43 bits per heavy atom. The molecule has 0 aromatic heterocycles. The second-order valence-electron chi connectivity index (χ2n) is 6.47. The third-order valence-corrected chi connectivity index (χ3v) is 3.60. The van der Waals surface area contributed by atoms with Crippen LogP contribution in [0.3, 0.4) is 0 Å². The molecule has 0 aliphatic carbocycles. The van der Waals surface area contributed by atoms with Gasteiger partial charge in [0, 0.05) is 18.3 Å². The first-order chi connectivity index (χ1) is 10.7. The van der Waals surface area contributed by atoms with Gasteiger partial charge in [-0.1, -0.05) is 12.1 Å². The first-order valence-electron chi connectivity index (χ1n) is 8.18. The Bertz CT molecular complexity index is 513. The van der Waals surface area contributed by atoms with Crippen molar-refractivity contribution in [2.45, 2.75) is 66.4 Å². The number of nitrogens with one attached hydrogen (secondary N) is 1. The van der Waals surface area contributed by atoms with Crippen molar-refractivity contribution < 1.29 is 14.6 Å². The number of ether oxygens (including phenoxy) is 1. The van der Waals surface area contributed by atoms with E-state index in [2.05, 4.69) is 5.32 Å². The summed E-state index contributed by atoms with van der Waals surface area (Å²) in [5, 5.41) is 12.5. The molecular weight excluding hydrogens is 292 g/mol. The molecule has 2 amide bonds. The lowest BCUT2D eigenvalue weighted by Crippen LogP contribution is -2.43. The summed E-state index contributed by atoms with van der Waals surface area (Å²) in [5.74, 6) is 0. The fraction of sp³-hybridized carbons (Fsp3) is 0.611. The Morgan fingerprint density at radius 2 is 1.91 bits per heavy atom. The van der Waals surface area contributed by atoms with Crippen LogP contribution in [0.5, 0.6) is 0 Å². The number of aliphatic hydroxyl groups excluding tert-OH is 1. The van der Waals surface area contributed by atoms with E-state index in [0.717, 1.165) is 16.8 Å². The number of amides is 2. The molecule has 0 saturated carbocycles. The second kappa shape index (κ2) is 8.89. The van der Waals surface area contributed by atoms with Gasteiger partial charge in [0.2, 0.25) is 0 Å². The molecule has 23 heavy (non-hydrogen) atoms. The van der Waals surface area contributed by atoms with Gasteiger partial charge in [-0.25, -0.2) is 4.79 Å². The van der Waals surface area contributed by atoms with Crippen LogP contribution in [0.2, 0.25) is 0 Å². The second-order valence-corrected chi connectivity index (χ2v) is 6.47. The van der Waals surface area contributed by atoms with Gasteiger partial charge in [0.1, 0.15) is 0 Å². The molecule has 0 heterocycles. The van der Waals surface area contributed by atoms with Crippen molar-refractivity contribution in [3.8, 4) is 0 Å². The topological polar surface area (TPSA) is 61.8 Å². The maximum Gasteiger partial charge on any atom is 0.322 e. The lowest BCUT2D eigenvalue weighted by Gasteiger charge is -2.28. The van der Waals surface area contributed by atoms with Gasteiger partial charge in [-0.05, 0) is 58.7 Å². The van der Waals surface area contributed by atoms with Gasteiger partial charge in [-0.2, -0.15) is 0 Å². The Kier molecular flexibility index (Phi) is 7.52. The highest BCUT2D eigenvalue weighted by Crippen LogP contribution is 2.21. The van der Waals surface area contributed by atoms with Crippen molar-refractivity contribution in [1.82, 2.24) is 4.90 Å². The predicted molar refractivity (Wildman–Crippen MR) is 93.6 cm³/mol. The van der Waals surface area contributed by atoms with Crippen LogP contribution in [0.25, 0.3) is 0 Å². The Morgan fingerprint density at radius 1 is 1.26 bits per heavy atom. The number of hydrogen-bond acceptors (Lipinski definition) is 3. The molecule has 2 N–H and O–H groups in total. The number of carbonyl (C=O) groups excluding carboxylic acids is 1. The summed E-state index contributed by atoms with van der Waals surface area (Å²) in [7, 11) is 0. The van der Waals surface area contributed by atoms with E-state index in [-0.39, 0.29) is 18.2 Å². The van der Waals surface area contributed by atoms with Crippen molar-refractivity contribution in [1.29, 1.82) is 0 Å². The third-order valence-electron chi connectivity index (χ3n) is 3.60.